The zero-order chi connectivity index (χ0) is 18.6. The molecule has 2 aromatic heterocycles. The van der Waals surface area contributed by atoms with Crippen molar-refractivity contribution in [3.8, 4) is 0 Å². The van der Waals surface area contributed by atoms with E-state index in [2.05, 4.69) is 10.2 Å². The van der Waals surface area contributed by atoms with Crippen LogP contribution in [0.3, 0.4) is 0 Å². The number of rotatable bonds is 7. The van der Waals surface area contributed by atoms with Crippen LogP contribution < -0.4 is 11.1 Å². The van der Waals surface area contributed by atoms with Gasteiger partial charge in [-0.2, -0.15) is 0 Å². The molecule has 4 rings (SSSR count). The highest BCUT2D eigenvalue weighted by atomic mass is 16.4. The lowest BCUT2D eigenvalue weighted by Gasteiger charge is -2.26. The summed E-state index contributed by atoms with van der Waals surface area (Å²) in [5, 5.41) is 2.99. The van der Waals surface area contributed by atoms with Crippen molar-refractivity contribution >= 4 is 17.0 Å². The van der Waals surface area contributed by atoms with E-state index in [0.717, 1.165) is 18.8 Å². The first-order valence-corrected chi connectivity index (χ1v) is 9.35. The maximum atomic E-state index is 12.4. The Bertz CT molecular complexity index is 951. The number of oxazole rings is 1. The number of amides is 1. The highest BCUT2D eigenvalue weighted by Gasteiger charge is 2.25. The maximum absolute atomic E-state index is 12.4. The highest BCUT2D eigenvalue weighted by Crippen LogP contribution is 2.24. The predicted molar refractivity (Wildman–Crippen MR) is 100 cm³/mol. The molecular weight excluding hydrogens is 346 g/mol. The van der Waals surface area contributed by atoms with Crippen molar-refractivity contribution in [1.29, 1.82) is 0 Å². The van der Waals surface area contributed by atoms with Crippen LogP contribution in [-0.2, 0) is 11.3 Å². The molecule has 1 aromatic carbocycles. The van der Waals surface area contributed by atoms with Gasteiger partial charge in [-0.15, -0.1) is 0 Å². The third kappa shape index (κ3) is 3.83. The summed E-state index contributed by atoms with van der Waals surface area (Å²) in [6.45, 7) is 2.81. The minimum atomic E-state index is -0.436. The first-order valence-electron chi connectivity index (χ1n) is 9.35. The molecule has 0 aliphatic carbocycles. The number of para-hydroxylation sites is 2. The van der Waals surface area contributed by atoms with Gasteiger partial charge in [-0.25, -0.2) is 4.79 Å². The first kappa shape index (κ1) is 17.6. The molecule has 142 valence electrons. The number of aryl methyl sites for hydroxylation is 1. The quantitative estimate of drug-likeness (QED) is 0.692. The highest BCUT2D eigenvalue weighted by molar-refractivity contribution is 5.76. The number of hydrogen-bond donors (Lipinski definition) is 1. The van der Waals surface area contributed by atoms with E-state index in [-0.39, 0.29) is 24.9 Å². The Morgan fingerprint density at radius 2 is 1.96 bits per heavy atom. The van der Waals surface area contributed by atoms with Crippen LogP contribution in [0, 0.1) is 0 Å². The van der Waals surface area contributed by atoms with Gasteiger partial charge in [-0.1, -0.05) is 12.1 Å². The molecule has 1 fully saturated rings. The minimum Gasteiger partial charge on any atom is -0.468 e. The lowest BCUT2D eigenvalue weighted by molar-refractivity contribution is -0.121. The second-order valence-corrected chi connectivity index (χ2v) is 6.82. The molecule has 1 aliphatic heterocycles. The monoisotopic (exact) mass is 369 g/mol. The number of carbonyl (C=O) groups excluding carboxylic acids is 1. The van der Waals surface area contributed by atoms with E-state index >= 15 is 0 Å². The molecule has 1 unspecified atom stereocenters. The van der Waals surface area contributed by atoms with E-state index in [0.29, 0.717) is 17.6 Å². The van der Waals surface area contributed by atoms with Crippen LogP contribution in [0.25, 0.3) is 11.1 Å². The molecule has 27 heavy (non-hydrogen) atoms. The molecule has 0 spiro atoms. The Labute approximate surface area is 156 Å². The number of likely N-dealkylation sites (tertiary alicyclic amines) is 1. The summed E-state index contributed by atoms with van der Waals surface area (Å²) in [5.74, 6) is 0.340. The Morgan fingerprint density at radius 3 is 2.74 bits per heavy atom. The van der Waals surface area contributed by atoms with Gasteiger partial charge in [0.15, 0.2) is 5.58 Å². The molecule has 3 heterocycles. The number of carbonyl (C=O) groups is 1. The van der Waals surface area contributed by atoms with Crippen molar-refractivity contribution in [3.05, 3.63) is 59.0 Å². The topological polar surface area (TPSA) is 80.6 Å². The SMILES string of the molecule is O=C(CCn1c(=O)oc2ccccc21)NCC(c1ccco1)N1CCCC1. The fourth-order valence-corrected chi connectivity index (χ4v) is 3.68. The van der Waals surface area contributed by atoms with Crippen molar-refractivity contribution in [2.45, 2.75) is 31.8 Å². The molecule has 7 heteroatoms. The van der Waals surface area contributed by atoms with E-state index < -0.39 is 5.76 Å². The van der Waals surface area contributed by atoms with Gasteiger partial charge in [0.2, 0.25) is 5.91 Å². The standard InChI is InChI=1S/C20H23N3O4/c24-19(9-12-23-15-6-1-2-7-18(15)27-20(23)25)21-14-16(17-8-5-13-26-17)22-10-3-4-11-22/h1-2,5-8,13,16H,3-4,9-12,14H2,(H,21,24). The Morgan fingerprint density at radius 1 is 1.15 bits per heavy atom. The van der Waals surface area contributed by atoms with Gasteiger partial charge in [-0.05, 0) is 50.2 Å². The van der Waals surface area contributed by atoms with Crippen LogP contribution in [0.15, 0.2) is 56.3 Å². The largest absolute Gasteiger partial charge is 0.468 e. The molecule has 7 nitrogen and oxygen atoms in total. The lowest BCUT2D eigenvalue weighted by atomic mass is 10.2. The number of nitrogens with one attached hydrogen (secondary N) is 1. The van der Waals surface area contributed by atoms with Gasteiger partial charge < -0.3 is 14.2 Å². The molecule has 1 atom stereocenters. The van der Waals surface area contributed by atoms with E-state index in [9.17, 15) is 9.59 Å². The fourth-order valence-electron chi connectivity index (χ4n) is 3.68. The number of nitrogens with zero attached hydrogens (tertiary/aromatic N) is 2. The van der Waals surface area contributed by atoms with Gasteiger partial charge in [0.1, 0.15) is 5.76 Å². The minimum absolute atomic E-state index is 0.0453. The van der Waals surface area contributed by atoms with Gasteiger partial charge in [0.25, 0.3) is 0 Å². The van der Waals surface area contributed by atoms with Crippen molar-refractivity contribution in [2.75, 3.05) is 19.6 Å². The summed E-state index contributed by atoms with van der Waals surface area (Å²) in [6, 6.07) is 11.1. The third-order valence-electron chi connectivity index (χ3n) is 5.08. The average molecular weight is 369 g/mol. The fraction of sp³-hybridized carbons (Fsp3) is 0.400. The van der Waals surface area contributed by atoms with E-state index in [4.69, 9.17) is 8.83 Å². The van der Waals surface area contributed by atoms with Gasteiger partial charge in [-0.3, -0.25) is 14.3 Å². The molecule has 0 bridgehead atoms. The summed E-state index contributed by atoms with van der Waals surface area (Å²) in [5.41, 5.74) is 1.25. The Balaban J connectivity index is 1.37. The summed E-state index contributed by atoms with van der Waals surface area (Å²) in [6.07, 6.45) is 4.22. The normalized spacial score (nSPS) is 16.0. The number of aromatic nitrogens is 1. The van der Waals surface area contributed by atoms with Crippen LogP contribution >= 0.6 is 0 Å². The van der Waals surface area contributed by atoms with Gasteiger partial charge in [0.05, 0.1) is 17.8 Å². The summed E-state index contributed by atoms with van der Waals surface area (Å²) >= 11 is 0. The molecule has 1 amide bonds. The molecule has 3 aromatic rings. The second-order valence-electron chi connectivity index (χ2n) is 6.82. The lowest BCUT2D eigenvalue weighted by Crippen LogP contribution is -2.37. The molecule has 1 aliphatic rings. The zero-order valence-corrected chi connectivity index (χ0v) is 15.1. The zero-order valence-electron chi connectivity index (χ0n) is 15.1. The first-order chi connectivity index (χ1) is 13.2. The van der Waals surface area contributed by atoms with Crippen molar-refractivity contribution in [1.82, 2.24) is 14.8 Å². The van der Waals surface area contributed by atoms with Crippen molar-refractivity contribution in [3.63, 3.8) is 0 Å². The van der Waals surface area contributed by atoms with E-state index in [1.165, 1.54) is 17.4 Å². The smallest absolute Gasteiger partial charge is 0.419 e. The predicted octanol–water partition coefficient (Wildman–Crippen LogP) is 2.53. The summed E-state index contributed by atoms with van der Waals surface area (Å²) in [4.78, 5) is 26.7. The van der Waals surface area contributed by atoms with E-state index in [1.54, 1.807) is 12.3 Å². The van der Waals surface area contributed by atoms with Gasteiger partial charge in [0, 0.05) is 19.5 Å². The molecule has 1 saturated heterocycles. The second kappa shape index (κ2) is 7.84. The average Bonchev–Trinajstić information content (AvgIpc) is 3.42. The van der Waals surface area contributed by atoms with Crippen LogP contribution in [-0.4, -0.2) is 35.0 Å². The summed E-state index contributed by atoms with van der Waals surface area (Å²) < 4.78 is 12.3. The van der Waals surface area contributed by atoms with Gasteiger partial charge >= 0.3 is 5.76 Å². The van der Waals surface area contributed by atoms with E-state index in [1.807, 2.05) is 30.3 Å². The molecule has 0 radical (unpaired) electrons. The van der Waals surface area contributed by atoms with Crippen LogP contribution in [0.2, 0.25) is 0 Å². The Kier molecular flexibility index (Phi) is 5.11. The van der Waals surface area contributed by atoms with Crippen LogP contribution in [0.4, 0.5) is 0 Å². The summed E-state index contributed by atoms with van der Waals surface area (Å²) in [7, 11) is 0. The number of hydrogen-bond acceptors (Lipinski definition) is 5. The number of furan rings is 1. The Hall–Kier alpha value is -2.80. The third-order valence-corrected chi connectivity index (χ3v) is 5.08. The van der Waals surface area contributed by atoms with Crippen molar-refractivity contribution < 1.29 is 13.6 Å². The number of benzene rings is 1. The maximum Gasteiger partial charge on any atom is 0.419 e. The van der Waals surface area contributed by atoms with Crippen molar-refractivity contribution in [2.24, 2.45) is 0 Å². The number of fused-ring (bicyclic) bond motifs is 1. The van der Waals surface area contributed by atoms with Crippen LogP contribution in [0.1, 0.15) is 31.1 Å². The van der Waals surface area contributed by atoms with Crippen LogP contribution in [0.5, 0.6) is 0 Å². The molecular formula is C20H23N3O4. The molecule has 1 N–H and O–H groups in total. The molecule has 0 saturated carbocycles.